The summed E-state index contributed by atoms with van der Waals surface area (Å²) in [7, 11) is 0. The Balaban J connectivity index is 2.27. The van der Waals surface area contributed by atoms with Gasteiger partial charge in [0, 0.05) is 6.04 Å². The predicted molar refractivity (Wildman–Crippen MR) is 56.1 cm³/mol. The fourth-order valence-corrected chi connectivity index (χ4v) is 1.21. The number of nitrogens with two attached hydrogens (primary N) is 2. The number of hydrogen-bond donors (Lipinski definition) is 2. The SMILES string of the molecule is NCCC(N)[CH]Cc1ccccc1. The molecule has 0 aromatic heterocycles. The highest BCUT2D eigenvalue weighted by Crippen LogP contribution is 2.04. The van der Waals surface area contributed by atoms with Crippen molar-refractivity contribution in [3.63, 3.8) is 0 Å². The second-order valence-corrected chi connectivity index (χ2v) is 3.17. The van der Waals surface area contributed by atoms with Gasteiger partial charge in [-0.15, -0.1) is 0 Å². The van der Waals surface area contributed by atoms with Crippen LogP contribution in [0, 0.1) is 6.42 Å². The molecule has 2 nitrogen and oxygen atoms in total. The third-order valence-corrected chi connectivity index (χ3v) is 2.00. The monoisotopic (exact) mass is 177 g/mol. The lowest BCUT2D eigenvalue weighted by Gasteiger charge is -2.08. The van der Waals surface area contributed by atoms with Crippen LogP contribution in [0.15, 0.2) is 30.3 Å². The number of rotatable bonds is 5. The van der Waals surface area contributed by atoms with Gasteiger partial charge in [0.1, 0.15) is 0 Å². The minimum absolute atomic E-state index is 0.130. The molecule has 1 unspecified atom stereocenters. The van der Waals surface area contributed by atoms with Gasteiger partial charge in [-0.05, 0) is 31.4 Å². The molecule has 0 saturated heterocycles. The highest BCUT2D eigenvalue weighted by Gasteiger charge is 2.01. The average molecular weight is 177 g/mol. The van der Waals surface area contributed by atoms with E-state index in [1.165, 1.54) is 5.56 Å². The van der Waals surface area contributed by atoms with Gasteiger partial charge in [-0.25, -0.2) is 0 Å². The molecule has 1 aromatic carbocycles. The van der Waals surface area contributed by atoms with Crippen LogP contribution in [0.5, 0.6) is 0 Å². The van der Waals surface area contributed by atoms with Crippen LogP contribution in [-0.4, -0.2) is 12.6 Å². The number of hydrogen-bond acceptors (Lipinski definition) is 2. The molecule has 0 aliphatic rings. The van der Waals surface area contributed by atoms with E-state index in [-0.39, 0.29) is 6.04 Å². The van der Waals surface area contributed by atoms with Crippen molar-refractivity contribution in [2.75, 3.05) is 6.54 Å². The third-order valence-electron chi connectivity index (χ3n) is 2.00. The molecule has 1 atom stereocenters. The molecule has 13 heavy (non-hydrogen) atoms. The predicted octanol–water partition coefficient (Wildman–Crippen LogP) is 1.11. The molecule has 1 rings (SSSR count). The maximum Gasteiger partial charge on any atom is 0.00856 e. The molecule has 0 amide bonds. The molecular weight excluding hydrogens is 160 g/mol. The van der Waals surface area contributed by atoms with Crippen molar-refractivity contribution in [2.24, 2.45) is 11.5 Å². The maximum atomic E-state index is 5.80. The molecule has 0 spiro atoms. The largest absolute Gasteiger partial charge is 0.330 e. The van der Waals surface area contributed by atoms with Gasteiger partial charge in [0.15, 0.2) is 0 Å². The van der Waals surface area contributed by atoms with Gasteiger partial charge in [0.2, 0.25) is 0 Å². The van der Waals surface area contributed by atoms with Crippen LogP contribution in [0.4, 0.5) is 0 Å². The second kappa shape index (κ2) is 5.73. The van der Waals surface area contributed by atoms with Crippen LogP contribution in [0.2, 0.25) is 0 Å². The zero-order valence-corrected chi connectivity index (χ0v) is 7.82. The van der Waals surface area contributed by atoms with Crippen LogP contribution in [0.3, 0.4) is 0 Å². The Labute approximate surface area is 79.9 Å². The Kier molecular flexibility index (Phi) is 4.50. The van der Waals surface area contributed by atoms with Gasteiger partial charge in [-0.2, -0.15) is 0 Å². The first-order valence-electron chi connectivity index (χ1n) is 4.66. The first-order valence-corrected chi connectivity index (χ1v) is 4.66. The van der Waals surface area contributed by atoms with Crippen molar-refractivity contribution in [3.05, 3.63) is 42.3 Å². The van der Waals surface area contributed by atoms with E-state index < -0.39 is 0 Å². The summed E-state index contributed by atoms with van der Waals surface area (Å²) in [4.78, 5) is 0. The fraction of sp³-hybridized carbons (Fsp3) is 0.364. The summed E-state index contributed by atoms with van der Waals surface area (Å²) in [6.07, 6.45) is 3.91. The smallest absolute Gasteiger partial charge is 0.00856 e. The van der Waals surface area contributed by atoms with E-state index in [9.17, 15) is 0 Å². The maximum absolute atomic E-state index is 5.80. The van der Waals surface area contributed by atoms with Crippen LogP contribution in [0.1, 0.15) is 12.0 Å². The Bertz CT molecular complexity index is 221. The topological polar surface area (TPSA) is 52.0 Å². The average Bonchev–Trinajstić information content (AvgIpc) is 2.17. The van der Waals surface area contributed by atoms with Crippen LogP contribution in [0.25, 0.3) is 0 Å². The van der Waals surface area contributed by atoms with Crippen molar-refractivity contribution in [2.45, 2.75) is 18.9 Å². The molecule has 0 aliphatic heterocycles. The van der Waals surface area contributed by atoms with Crippen LogP contribution >= 0.6 is 0 Å². The molecule has 0 fully saturated rings. The zero-order chi connectivity index (χ0) is 9.52. The van der Waals surface area contributed by atoms with Crippen molar-refractivity contribution in [1.82, 2.24) is 0 Å². The van der Waals surface area contributed by atoms with E-state index in [1.807, 2.05) is 18.2 Å². The van der Waals surface area contributed by atoms with Gasteiger partial charge >= 0.3 is 0 Å². The Morgan fingerprint density at radius 1 is 1.23 bits per heavy atom. The van der Waals surface area contributed by atoms with Gasteiger partial charge < -0.3 is 11.5 Å². The van der Waals surface area contributed by atoms with Gasteiger partial charge in [0.25, 0.3) is 0 Å². The third kappa shape index (κ3) is 4.06. The van der Waals surface area contributed by atoms with Crippen molar-refractivity contribution >= 4 is 0 Å². The van der Waals surface area contributed by atoms with Crippen molar-refractivity contribution in [1.29, 1.82) is 0 Å². The number of benzene rings is 1. The highest BCUT2D eigenvalue weighted by molar-refractivity contribution is 5.16. The van der Waals surface area contributed by atoms with Gasteiger partial charge in [-0.3, -0.25) is 0 Å². The fourth-order valence-electron chi connectivity index (χ4n) is 1.21. The quantitative estimate of drug-likeness (QED) is 0.708. The summed E-state index contributed by atoms with van der Waals surface area (Å²) in [5, 5.41) is 0. The lowest BCUT2D eigenvalue weighted by molar-refractivity contribution is 0.677. The molecular formula is C11H17N2. The molecule has 0 aliphatic carbocycles. The Morgan fingerprint density at radius 3 is 2.54 bits per heavy atom. The van der Waals surface area contributed by atoms with Crippen molar-refractivity contribution in [3.8, 4) is 0 Å². The van der Waals surface area contributed by atoms with Crippen LogP contribution in [-0.2, 0) is 6.42 Å². The summed E-state index contributed by atoms with van der Waals surface area (Å²) < 4.78 is 0. The molecule has 1 aromatic rings. The molecule has 0 saturated carbocycles. The van der Waals surface area contributed by atoms with Gasteiger partial charge in [-0.1, -0.05) is 30.3 Å². The van der Waals surface area contributed by atoms with E-state index in [0.717, 1.165) is 12.8 Å². The van der Waals surface area contributed by atoms with E-state index >= 15 is 0 Å². The minimum Gasteiger partial charge on any atom is -0.330 e. The summed E-state index contributed by atoms with van der Waals surface area (Å²) in [6.45, 7) is 0.659. The Hall–Kier alpha value is -0.860. The lowest BCUT2D eigenvalue weighted by Crippen LogP contribution is -2.24. The molecule has 4 N–H and O–H groups in total. The summed E-state index contributed by atoms with van der Waals surface area (Å²) in [5.41, 5.74) is 12.5. The molecule has 71 valence electrons. The normalized spacial score (nSPS) is 12.8. The van der Waals surface area contributed by atoms with E-state index in [4.69, 9.17) is 11.5 Å². The summed E-state index contributed by atoms with van der Waals surface area (Å²) in [5.74, 6) is 0. The van der Waals surface area contributed by atoms with Gasteiger partial charge in [0.05, 0.1) is 0 Å². The first kappa shape index (κ1) is 10.2. The lowest BCUT2D eigenvalue weighted by atomic mass is 10.0. The zero-order valence-electron chi connectivity index (χ0n) is 7.82. The second-order valence-electron chi connectivity index (χ2n) is 3.17. The van der Waals surface area contributed by atoms with E-state index in [2.05, 4.69) is 18.6 Å². The Morgan fingerprint density at radius 2 is 1.92 bits per heavy atom. The summed E-state index contributed by atoms with van der Waals surface area (Å²) in [6, 6.07) is 10.4. The molecule has 0 bridgehead atoms. The first-order chi connectivity index (χ1) is 6.33. The minimum atomic E-state index is 0.130. The van der Waals surface area contributed by atoms with E-state index in [1.54, 1.807) is 0 Å². The standard InChI is InChI=1S/C11H17N2/c12-9-8-11(13)7-6-10-4-2-1-3-5-10/h1-5,7,11H,6,8-9,12-13H2. The van der Waals surface area contributed by atoms with Crippen molar-refractivity contribution < 1.29 is 0 Å². The summed E-state index contributed by atoms with van der Waals surface area (Å²) >= 11 is 0. The van der Waals surface area contributed by atoms with Crippen LogP contribution < -0.4 is 11.5 Å². The molecule has 0 heterocycles. The van der Waals surface area contributed by atoms with E-state index in [0.29, 0.717) is 6.54 Å². The molecule has 1 radical (unpaired) electrons. The molecule has 2 heteroatoms. The highest BCUT2D eigenvalue weighted by atomic mass is 14.6.